The predicted molar refractivity (Wildman–Crippen MR) is 120 cm³/mol. The van der Waals surface area contributed by atoms with Crippen molar-refractivity contribution in [2.45, 2.75) is 17.7 Å². The van der Waals surface area contributed by atoms with Gasteiger partial charge in [0.05, 0.1) is 22.6 Å². The van der Waals surface area contributed by atoms with Crippen LogP contribution in [0.2, 0.25) is 5.02 Å². The molecule has 0 aliphatic rings. The fraction of sp³-hybridized carbons (Fsp3) is 0.136. The Balaban J connectivity index is 2.00. The Morgan fingerprint density at radius 2 is 1.79 bits per heavy atom. The van der Waals surface area contributed by atoms with Crippen molar-refractivity contribution in [2.24, 2.45) is 5.14 Å². The Morgan fingerprint density at radius 1 is 1.06 bits per heavy atom. The number of nitrogens with two attached hydrogens (primary N) is 1. The van der Waals surface area contributed by atoms with E-state index in [4.69, 9.17) is 26.2 Å². The first-order valence-electron chi connectivity index (χ1n) is 9.36. The minimum Gasteiger partial charge on any atom is -0.497 e. The Labute approximate surface area is 194 Å². The normalized spacial score (nSPS) is 11.7. The summed E-state index contributed by atoms with van der Waals surface area (Å²) in [5.74, 6) is -3.54. The molecule has 0 saturated heterocycles. The van der Waals surface area contributed by atoms with Crippen molar-refractivity contribution < 1.29 is 31.5 Å². The van der Waals surface area contributed by atoms with Gasteiger partial charge in [-0.15, -0.1) is 0 Å². The summed E-state index contributed by atoms with van der Waals surface area (Å²) in [5, 5.41) is 7.76. The molecule has 11 heteroatoms. The highest BCUT2D eigenvalue weighted by molar-refractivity contribution is 7.89. The van der Waals surface area contributed by atoms with E-state index in [1.807, 2.05) is 0 Å². The van der Waals surface area contributed by atoms with Crippen LogP contribution < -0.4 is 19.9 Å². The zero-order valence-electron chi connectivity index (χ0n) is 17.4. The molecular formula is C22H19ClF2N2O5S. The number of hydrogen-bond acceptors (Lipinski definition) is 5. The Hall–Kier alpha value is -3.21. The van der Waals surface area contributed by atoms with Crippen LogP contribution >= 0.6 is 11.6 Å². The van der Waals surface area contributed by atoms with E-state index in [1.54, 1.807) is 6.07 Å². The highest BCUT2D eigenvalue weighted by atomic mass is 35.5. The van der Waals surface area contributed by atoms with Gasteiger partial charge in [-0.05, 0) is 42.5 Å². The molecule has 0 unspecified atom stereocenters. The van der Waals surface area contributed by atoms with E-state index >= 15 is 0 Å². The number of carbonyl (C=O) groups is 1. The number of carbonyl (C=O) groups excluding carboxylic acids is 1. The zero-order chi connectivity index (χ0) is 24.4. The summed E-state index contributed by atoms with van der Waals surface area (Å²) in [5.41, 5.74) is -0.337. The van der Waals surface area contributed by atoms with E-state index in [0.29, 0.717) is 12.7 Å². The number of amides is 1. The molecule has 0 radical (unpaired) electrons. The quantitative estimate of drug-likeness (QED) is 0.470. The summed E-state index contributed by atoms with van der Waals surface area (Å²) in [7, 11) is -2.54. The van der Waals surface area contributed by atoms with E-state index in [2.05, 4.69) is 5.32 Å². The molecule has 0 aliphatic heterocycles. The highest BCUT2D eigenvalue weighted by Gasteiger charge is 2.27. The molecule has 3 aromatic carbocycles. The van der Waals surface area contributed by atoms with Gasteiger partial charge in [0.1, 0.15) is 17.2 Å². The fourth-order valence-corrected chi connectivity index (χ4v) is 3.60. The lowest BCUT2D eigenvalue weighted by atomic mass is 10.1. The summed E-state index contributed by atoms with van der Waals surface area (Å²) >= 11 is 6.19. The van der Waals surface area contributed by atoms with E-state index in [9.17, 15) is 22.0 Å². The standard InChI is InChI=1S/C22H19ClF2N2O5S/c1-22(24,25)13-6-8-17(20(10-13)32-19-9-7-15(31-2)12-18(19)23)21(28)27-14-4-3-5-16(11-14)33(26,29)30/h3-12H,1-2H3,(H,27,28)(H2,26,29,30). The van der Waals surface area contributed by atoms with E-state index < -0.39 is 21.9 Å². The molecule has 174 valence electrons. The fourth-order valence-electron chi connectivity index (χ4n) is 2.83. The van der Waals surface area contributed by atoms with E-state index in [-0.39, 0.29) is 38.2 Å². The van der Waals surface area contributed by atoms with Gasteiger partial charge in [-0.3, -0.25) is 4.79 Å². The molecule has 7 nitrogen and oxygen atoms in total. The first kappa shape index (κ1) is 24.4. The number of hydrogen-bond donors (Lipinski definition) is 2. The molecule has 3 aromatic rings. The number of sulfonamides is 1. The molecule has 3 N–H and O–H groups in total. The molecule has 0 saturated carbocycles. The maximum Gasteiger partial charge on any atom is 0.270 e. The van der Waals surface area contributed by atoms with Crippen molar-refractivity contribution in [3.8, 4) is 17.2 Å². The van der Waals surface area contributed by atoms with Gasteiger partial charge in [0.25, 0.3) is 11.8 Å². The minimum atomic E-state index is -3.99. The molecule has 0 heterocycles. The van der Waals surface area contributed by atoms with Crippen molar-refractivity contribution in [3.63, 3.8) is 0 Å². The Kier molecular flexibility index (Phi) is 6.92. The molecule has 1 amide bonds. The Morgan fingerprint density at radius 3 is 2.39 bits per heavy atom. The second-order valence-electron chi connectivity index (χ2n) is 7.02. The number of ether oxygens (including phenoxy) is 2. The molecule has 33 heavy (non-hydrogen) atoms. The lowest BCUT2D eigenvalue weighted by Gasteiger charge is -2.17. The number of rotatable bonds is 7. The Bertz CT molecular complexity index is 1310. The van der Waals surface area contributed by atoms with Gasteiger partial charge in [0, 0.05) is 24.2 Å². The van der Waals surface area contributed by atoms with Gasteiger partial charge in [-0.25, -0.2) is 22.3 Å². The molecule has 3 rings (SSSR count). The average molecular weight is 497 g/mol. The first-order valence-corrected chi connectivity index (χ1v) is 11.3. The van der Waals surface area contributed by atoms with Crippen LogP contribution in [-0.4, -0.2) is 21.4 Å². The number of nitrogens with one attached hydrogen (secondary N) is 1. The van der Waals surface area contributed by atoms with Crippen molar-refractivity contribution in [2.75, 3.05) is 12.4 Å². The zero-order valence-corrected chi connectivity index (χ0v) is 19.0. The summed E-state index contributed by atoms with van der Waals surface area (Å²) in [4.78, 5) is 12.7. The SMILES string of the molecule is COc1ccc(Oc2cc(C(C)(F)F)ccc2C(=O)Nc2cccc(S(N)(=O)=O)c2)c(Cl)c1. The number of anilines is 1. The van der Waals surface area contributed by atoms with Crippen LogP contribution in [0.15, 0.2) is 65.6 Å². The van der Waals surface area contributed by atoms with Crippen molar-refractivity contribution in [1.82, 2.24) is 0 Å². The third kappa shape index (κ3) is 5.98. The number of halogens is 3. The molecule has 0 bridgehead atoms. The average Bonchev–Trinajstić information content (AvgIpc) is 2.74. The first-order chi connectivity index (χ1) is 15.4. The van der Waals surface area contributed by atoms with Crippen LogP contribution in [0.25, 0.3) is 0 Å². The second-order valence-corrected chi connectivity index (χ2v) is 8.99. The van der Waals surface area contributed by atoms with Gasteiger partial charge < -0.3 is 14.8 Å². The topological polar surface area (TPSA) is 108 Å². The maximum atomic E-state index is 13.9. The number of benzene rings is 3. The van der Waals surface area contributed by atoms with Crippen LogP contribution in [0.4, 0.5) is 14.5 Å². The molecular weight excluding hydrogens is 478 g/mol. The van der Waals surface area contributed by atoms with Crippen LogP contribution in [0.1, 0.15) is 22.8 Å². The van der Waals surface area contributed by atoms with Gasteiger partial charge in [-0.1, -0.05) is 23.7 Å². The minimum absolute atomic E-state index is 0.0871. The van der Waals surface area contributed by atoms with Crippen molar-refractivity contribution >= 4 is 33.2 Å². The van der Waals surface area contributed by atoms with Crippen LogP contribution in [0.5, 0.6) is 17.2 Å². The van der Waals surface area contributed by atoms with Gasteiger partial charge in [0.15, 0.2) is 0 Å². The maximum absolute atomic E-state index is 13.9. The molecule has 0 atom stereocenters. The smallest absolute Gasteiger partial charge is 0.270 e. The molecule has 0 spiro atoms. The van der Waals surface area contributed by atoms with E-state index in [1.165, 1.54) is 49.6 Å². The number of methoxy groups -OCH3 is 1. The van der Waals surface area contributed by atoms with Crippen LogP contribution in [0, 0.1) is 0 Å². The summed E-state index contributed by atoms with van der Waals surface area (Å²) in [6.07, 6.45) is 0. The lowest BCUT2D eigenvalue weighted by Crippen LogP contribution is -2.16. The second kappa shape index (κ2) is 9.34. The monoisotopic (exact) mass is 496 g/mol. The van der Waals surface area contributed by atoms with Crippen LogP contribution in [-0.2, 0) is 15.9 Å². The summed E-state index contributed by atoms with van der Waals surface area (Å²) in [6.45, 7) is 0.713. The predicted octanol–water partition coefficient (Wildman–Crippen LogP) is 5.15. The van der Waals surface area contributed by atoms with Gasteiger partial charge in [0.2, 0.25) is 10.0 Å². The van der Waals surface area contributed by atoms with Crippen molar-refractivity contribution in [1.29, 1.82) is 0 Å². The number of primary sulfonamides is 1. The molecule has 0 aliphatic carbocycles. The van der Waals surface area contributed by atoms with Crippen molar-refractivity contribution in [3.05, 3.63) is 76.8 Å². The van der Waals surface area contributed by atoms with Gasteiger partial charge in [-0.2, -0.15) is 0 Å². The third-order valence-corrected chi connectivity index (χ3v) is 5.72. The summed E-state index contributed by atoms with van der Waals surface area (Å²) in [6, 6.07) is 13.1. The third-order valence-electron chi connectivity index (χ3n) is 4.51. The largest absolute Gasteiger partial charge is 0.497 e. The number of alkyl halides is 2. The lowest BCUT2D eigenvalue weighted by molar-refractivity contribution is 0.0172. The van der Waals surface area contributed by atoms with Gasteiger partial charge >= 0.3 is 0 Å². The molecule has 0 aromatic heterocycles. The summed E-state index contributed by atoms with van der Waals surface area (Å²) < 4.78 is 61.7. The molecule has 0 fully saturated rings. The van der Waals surface area contributed by atoms with Crippen LogP contribution in [0.3, 0.4) is 0 Å². The highest BCUT2D eigenvalue weighted by Crippen LogP contribution is 2.37. The van der Waals surface area contributed by atoms with E-state index in [0.717, 1.165) is 12.1 Å².